The summed E-state index contributed by atoms with van der Waals surface area (Å²) in [5.41, 5.74) is -0.377. The van der Waals surface area contributed by atoms with Crippen molar-refractivity contribution in [2.75, 3.05) is 5.32 Å². The van der Waals surface area contributed by atoms with Gasteiger partial charge in [-0.15, -0.1) is 13.2 Å². The summed E-state index contributed by atoms with van der Waals surface area (Å²) in [7, 11) is 0. The van der Waals surface area contributed by atoms with Crippen molar-refractivity contribution in [3.05, 3.63) is 63.6 Å². The number of nitrogens with one attached hydrogen (secondary N) is 1. The molecule has 2 aromatic carbocycles. The first-order valence-corrected chi connectivity index (χ1v) is 7.69. The summed E-state index contributed by atoms with van der Waals surface area (Å²) < 4.78 is 41.3. The van der Waals surface area contributed by atoms with Gasteiger partial charge in [0, 0.05) is 5.56 Å². The molecule has 0 atom stereocenters. The first-order valence-electron chi connectivity index (χ1n) is 6.93. The predicted molar refractivity (Wildman–Crippen MR) is 91.8 cm³/mol. The molecule has 4 nitrogen and oxygen atoms in total. The molecule has 0 fully saturated rings. The minimum absolute atomic E-state index is 0.0700. The molecule has 0 heterocycles. The zero-order chi connectivity index (χ0) is 19.3. The predicted octanol–water partition coefficient (Wildman–Crippen LogP) is 5.44. The molecular formula is C17H9Cl2F3N2O2. The van der Waals surface area contributed by atoms with E-state index in [1.54, 1.807) is 6.07 Å². The minimum Gasteiger partial charge on any atom is -0.405 e. The van der Waals surface area contributed by atoms with Crippen molar-refractivity contribution < 1.29 is 22.7 Å². The second kappa shape index (κ2) is 8.13. The molecule has 1 amide bonds. The first kappa shape index (κ1) is 19.6. The summed E-state index contributed by atoms with van der Waals surface area (Å²) in [5, 5.41) is 11.8. The van der Waals surface area contributed by atoms with Gasteiger partial charge < -0.3 is 10.1 Å². The van der Waals surface area contributed by atoms with E-state index >= 15 is 0 Å². The number of carbonyl (C=O) groups excluding carboxylic acids is 1. The third-order valence-electron chi connectivity index (χ3n) is 3.01. The molecule has 0 bridgehead atoms. The molecule has 0 aromatic heterocycles. The Morgan fingerprint density at radius 2 is 1.85 bits per heavy atom. The summed E-state index contributed by atoms with van der Waals surface area (Å²) in [6, 6.07) is 11.2. The highest BCUT2D eigenvalue weighted by Crippen LogP contribution is 2.30. The van der Waals surface area contributed by atoms with Crippen molar-refractivity contribution >= 4 is 40.9 Å². The van der Waals surface area contributed by atoms with Crippen molar-refractivity contribution in [1.29, 1.82) is 5.26 Å². The largest absolute Gasteiger partial charge is 0.573 e. The fourth-order valence-corrected chi connectivity index (χ4v) is 2.26. The fourth-order valence-electron chi connectivity index (χ4n) is 1.91. The summed E-state index contributed by atoms with van der Waals surface area (Å²) in [4.78, 5) is 12.2. The number of halogens is 5. The first-order chi connectivity index (χ1) is 12.2. The topological polar surface area (TPSA) is 62.1 Å². The standard InChI is InChI=1S/C17H9Cl2F3N2O2/c18-12-5-3-6-13(15(12)19)24-16(25)11(9-23)8-10-4-1-2-7-14(10)26-17(20,21)22/h1-8H,(H,24,25)/b11-8+. The maximum Gasteiger partial charge on any atom is 0.573 e. The second-order valence-electron chi connectivity index (χ2n) is 4.81. The van der Waals surface area contributed by atoms with Crippen LogP contribution in [0.15, 0.2) is 48.0 Å². The van der Waals surface area contributed by atoms with Crippen LogP contribution in [-0.2, 0) is 4.79 Å². The number of anilines is 1. The highest BCUT2D eigenvalue weighted by atomic mass is 35.5. The Hall–Kier alpha value is -2.69. The molecule has 0 saturated heterocycles. The van der Waals surface area contributed by atoms with Gasteiger partial charge in [-0.1, -0.05) is 47.5 Å². The summed E-state index contributed by atoms with van der Waals surface area (Å²) >= 11 is 11.8. The number of carbonyl (C=O) groups is 1. The number of ether oxygens (including phenoxy) is 1. The SMILES string of the molecule is N#C/C(=C\c1ccccc1OC(F)(F)F)C(=O)Nc1cccc(Cl)c1Cl. The number of rotatable bonds is 4. The van der Waals surface area contributed by atoms with Crippen LogP contribution in [0, 0.1) is 11.3 Å². The van der Waals surface area contributed by atoms with E-state index in [-0.39, 0.29) is 21.3 Å². The lowest BCUT2D eigenvalue weighted by molar-refractivity contribution is -0.274. The number of nitriles is 1. The van der Waals surface area contributed by atoms with Crippen LogP contribution >= 0.6 is 23.2 Å². The van der Waals surface area contributed by atoms with Crippen LogP contribution in [0.5, 0.6) is 5.75 Å². The van der Waals surface area contributed by atoms with Gasteiger partial charge in [0.25, 0.3) is 5.91 Å². The summed E-state index contributed by atoms with van der Waals surface area (Å²) in [6.07, 6.45) is -3.93. The van der Waals surface area contributed by atoms with Crippen LogP contribution in [0.25, 0.3) is 6.08 Å². The summed E-state index contributed by atoms with van der Waals surface area (Å²) in [6.45, 7) is 0. The third-order valence-corrected chi connectivity index (χ3v) is 3.83. The van der Waals surface area contributed by atoms with E-state index in [0.717, 1.165) is 12.1 Å². The maximum atomic E-state index is 12.5. The van der Waals surface area contributed by atoms with Crippen LogP contribution in [0.2, 0.25) is 10.0 Å². The average molecular weight is 401 g/mol. The van der Waals surface area contributed by atoms with Gasteiger partial charge >= 0.3 is 6.36 Å². The van der Waals surface area contributed by atoms with E-state index < -0.39 is 23.6 Å². The van der Waals surface area contributed by atoms with Gasteiger partial charge in [-0.2, -0.15) is 5.26 Å². The number of amides is 1. The molecular weight excluding hydrogens is 392 g/mol. The molecule has 134 valence electrons. The second-order valence-corrected chi connectivity index (χ2v) is 5.60. The van der Waals surface area contributed by atoms with E-state index in [9.17, 15) is 23.2 Å². The molecule has 0 saturated carbocycles. The van der Waals surface area contributed by atoms with Crippen molar-refractivity contribution in [2.24, 2.45) is 0 Å². The smallest absolute Gasteiger partial charge is 0.405 e. The van der Waals surface area contributed by atoms with E-state index in [1.165, 1.54) is 36.4 Å². The molecule has 0 unspecified atom stereocenters. The van der Waals surface area contributed by atoms with Crippen LogP contribution in [0.4, 0.5) is 18.9 Å². The van der Waals surface area contributed by atoms with Gasteiger partial charge in [0.1, 0.15) is 17.4 Å². The van der Waals surface area contributed by atoms with Gasteiger partial charge in [-0.05, 0) is 24.3 Å². The number of hydrogen-bond donors (Lipinski definition) is 1. The molecule has 0 aliphatic heterocycles. The van der Waals surface area contributed by atoms with Crippen LogP contribution in [-0.4, -0.2) is 12.3 Å². The molecule has 26 heavy (non-hydrogen) atoms. The Balaban J connectivity index is 2.32. The molecule has 9 heteroatoms. The van der Waals surface area contributed by atoms with Gasteiger partial charge in [0.15, 0.2) is 0 Å². The molecule has 2 rings (SSSR count). The highest BCUT2D eigenvalue weighted by molar-refractivity contribution is 6.44. The number of nitrogens with zero attached hydrogens (tertiary/aromatic N) is 1. The van der Waals surface area contributed by atoms with Crippen molar-refractivity contribution in [2.45, 2.75) is 6.36 Å². The normalized spacial score (nSPS) is 11.6. The average Bonchev–Trinajstić information content (AvgIpc) is 2.56. The molecule has 0 radical (unpaired) electrons. The van der Waals surface area contributed by atoms with Crippen molar-refractivity contribution in [3.8, 4) is 11.8 Å². The van der Waals surface area contributed by atoms with Gasteiger partial charge in [-0.3, -0.25) is 4.79 Å². The Labute approximate surface area is 156 Å². The number of hydrogen-bond acceptors (Lipinski definition) is 3. The van der Waals surface area contributed by atoms with Gasteiger partial charge in [0.05, 0.1) is 15.7 Å². The third kappa shape index (κ3) is 5.15. The minimum atomic E-state index is -4.91. The van der Waals surface area contributed by atoms with Crippen LogP contribution in [0.3, 0.4) is 0 Å². The Kier molecular flexibility index (Phi) is 6.14. The van der Waals surface area contributed by atoms with Crippen LogP contribution in [0.1, 0.15) is 5.56 Å². The molecule has 0 aliphatic rings. The zero-order valence-electron chi connectivity index (χ0n) is 12.8. The lowest BCUT2D eigenvalue weighted by Crippen LogP contribution is -2.18. The number of para-hydroxylation sites is 1. The van der Waals surface area contributed by atoms with Gasteiger partial charge in [0.2, 0.25) is 0 Å². The molecule has 0 spiro atoms. The Bertz CT molecular complexity index is 906. The lowest BCUT2D eigenvalue weighted by Gasteiger charge is -2.11. The van der Waals surface area contributed by atoms with Crippen molar-refractivity contribution in [1.82, 2.24) is 0 Å². The highest BCUT2D eigenvalue weighted by Gasteiger charge is 2.31. The number of alkyl halides is 3. The quantitative estimate of drug-likeness (QED) is 0.549. The molecule has 1 N–H and O–H groups in total. The van der Waals surface area contributed by atoms with Gasteiger partial charge in [-0.25, -0.2) is 0 Å². The fraction of sp³-hybridized carbons (Fsp3) is 0.0588. The Morgan fingerprint density at radius 1 is 1.15 bits per heavy atom. The monoisotopic (exact) mass is 400 g/mol. The van der Waals surface area contributed by atoms with Crippen molar-refractivity contribution in [3.63, 3.8) is 0 Å². The van der Waals surface area contributed by atoms with E-state index in [0.29, 0.717) is 0 Å². The summed E-state index contributed by atoms with van der Waals surface area (Å²) in [5.74, 6) is -1.40. The lowest BCUT2D eigenvalue weighted by atomic mass is 10.1. The van der Waals surface area contributed by atoms with E-state index in [4.69, 9.17) is 23.2 Å². The van der Waals surface area contributed by atoms with Crippen LogP contribution < -0.4 is 10.1 Å². The zero-order valence-corrected chi connectivity index (χ0v) is 14.3. The number of benzene rings is 2. The molecule has 2 aromatic rings. The Morgan fingerprint density at radius 3 is 2.50 bits per heavy atom. The van der Waals surface area contributed by atoms with E-state index in [2.05, 4.69) is 10.1 Å². The maximum absolute atomic E-state index is 12.5. The molecule has 0 aliphatic carbocycles. The van der Waals surface area contributed by atoms with E-state index in [1.807, 2.05) is 0 Å².